The molecule has 1 saturated heterocycles. The predicted molar refractivity (Wildman–Crippen MR) is 77.5 cm³/mol. The second kappa shape index (κ2) is 4.83. The van der Waals surface area contributed by atoms with Gasteiger partial charge in [-0.15, -0.1) is 0 Å². The molecule has 19 heavy (non-hydrogen) atoms. The lowest BCUT2D eigenvalue weighted by molar-refractivity contribution is 0.441. The van der Waals surface area contributed by atoms with Crippen LogP contribution in [0.3, 0.4) is 0 Å². The fourth-order valence-corrected chi connectivity index (χ4v) is 3.16. The first-order valence-corrected chi connectivity index (χ1v) is 7.19. The van der Waals surface area contributed by atoms with Crippen LogP contribution in [0, 0.1) is 18.8 Å². The number of rotatable bonds is 3. The molecule has 1 unspecified atom stereocenters. The minimum atomic E-state index is 0.783. The highest BCUT2D eigenvalue weighted by Gasteiger charge is 2.25. The van der Waals surface area contributed by atoms with Crippen LogP contribution >= 0.6 is 0 Å². The van der Waals surface area contributed by atoms with E-state index in [0.717, 1.165) is 42.0 Å². The Morgan fingerprint density at radius 1 is 1.42 bits per heavy atom. The second-order valence-electron chi connectivity index (χ2n) is 6.10. The summed E-state index contributed by atoms with van der Waals surface area (Å²) < 4.78 is 1.94. The minimum Gasteiger partial charge on any atom is -0.355 e. The summed E-state index contributed by atoms with van der Waals surface area (Å²) in [5, 5.41) is 4.46. The van der Waals surface area contributed by atoms with Crippen molar-refractivity contribution in [2.24, 2.45) is 11.8 Å². The zero-order valence-corrected chi connectivity index (χ0v) is 12.0. The summed E-state index contributed by atoms with van der Waals surface area (Å²) in [6.45, 7) is 8.90. The molecule has 3 rings (SSSR count). The van der Waals surface area contributed by atoms with E-state index in [2.05, 4.69) is 34.9 Å². The largest absolute Gasteiger partial charge is 0.355 e. The molecule has 0 bridgehead atoms. The van der Waals surface area contributed by atoms with Gasteiger partial charge in [-0.2, -0.15) is 5.10 Å². The average molecular weight is 258 g/mol. The van der Waals surface area contributed by atoms with Crippen molar-refractivity contribution in [2.45, 2.75) is 33.6 Å². The van der Waals surface area contributed by atoms with E-state index in [1.54, 1.807) is 0 Å². The van der Waals surface area contributed by atoms with Gasteiger partial charge in [-0.1, -0.05) is 13.8 Å². The van der Waals surface area contributed by atoms with Crippen LogP contribution in [0.25, 0.3) is 5.52 Å². The zero-order chi connectivity index (χ0) is 13.4. The van der Waals surface area contributed by atoms with Gasteiger partial charge in [-0.3, -0.25) is 0 Å². The molecule has 3 heterocycles. The van der Waals surface area contributed by atoms with E-state index in [-0.39, 0.29) is 0 Å². The number of hydrogen-bond acceptors (Lipinski definition) is 3. The molecule has 0 radical (unpaired) electrons. The van der Waals surface area contributed by atoms with Gasteiger partial charge in [-0.05, 0) is 37.7 Å². The minimum absolute atomic E-state index is 0.783. The molecule has 4 heteroatoms. The molecule has 2 aromatic rings. The number of aryl methyl sites for hydroxylation is 1. The molecule has 1 aliphatic heterocycles. The first-order valence-electron chi connectivity index (χ1n) is 7.19. The van der Waals surface area contributed by atoms with Gasteiger partial charge >= 0.3 is 0 Å². The Bertz CT molecular complexity index is 573. The molecular formula is C15H22N4. The summed E-state index contributed by atoms with van der Waals surface area (Å²) in [5.41, 5.74) is 2.18. The fraction of sp³-hybridized carbons (Fsp3) is 0.600. The van der Waals surface area contributed by atoms with Crippen LogP contribution in [0.4, 0.5) is 5.82 Å². The first kappa shape index (κ1) is 12.5. The number of nitrogens with zero attached hydrogens (tertiary/aromatic N) is 4. The Morgan fingerprint density at radius 3 is 3.05 bits per heavy atom. The first-order chi connectivity index (χ1) is 9.13. The molecule has 2 aromatic heterocycles. The van der Waals surface area contributed by atoms with Gasteiger partial charge in [0.2, 0.25) is 0 Å². The number of hydrogen-bond donors (Lipinski definition) is 0. The monoisotopic (exact) mass is 258 g/mol. The lowest BCUT2D eigenvalue weighted by atomic mass is 9.97. The molecule has 1 atom stereocenters. The molecule has 0 saturated carbocycles. The molecule has 0 N–H and O–H groups in total. The molecule has 0 amide bonds. The van der Waals surface area contributed by atoms with Gasteiger partial charge in [0.25, 0.3) is 0 Å². The Hall–Kier alpha value is -1.58. The highest BCUT2D eigenvalue weighted by molar-refractivity contribution is 5.69. The maximum atomic E-state index is 4.58. The second-order valence-corrected chi connectivity index (χ2v) is 6.10. The fourth-order valence-electron chi connectivity index (χ4n) is 3.16. The molecule has 0 aliphatic carbocycles. The zero-order valence-electron chi connectivity index (χ0n) is 12.0. The van der Waals surface area contributed by atoms with Crippen LogP contribution in [0.5, 0.6) is 0 Å². The molecular weight excluding hydrogens is 236 g/mol. The number of fused-ring (bicyclic) bond motifs is 1. The molecule has 4 nitrogen and oxygen atoms in total. The van der Waals surface area contributed by atoms with E-state index in [0.29, 0.717) is 0 Å². The van der Waals surface area contributed by atoms with Crippen LogP contribution in [0.1, 0.15) is 32.4 Å². The van der Waals surface area contributed by atoms with E-state index in [4.69, 9.17) is 0 Å². The third-order valence-corrected chi connectivity index (χ3v) is 3.88. The highest BCUT2D eigenvalue weighted by Crippen LogP contribution is 2.29. The number of anilines is 1. The van der Waals surface area contributed by atoms with E-state index in [1.807, 2.05) is 23.8 Å². The molecule has 1 aliphatic rings. The van der Waals surface area contributed by atoms with Gasteiger partial charge in [0.05, 0.1) is 5.69 Å². The van der Waals surface area contributed by atoms with E-state index in [1.165, 1.54) is 12.8 Å². The lowest BCUT2D eigenvalue weighted by Crippen LogP contribution is -2.21. The highest BCUT2D eigenvalue weighted by atomic mass is 15.3. The van der Waals surface area contributed by atoms with Crippen LogP contribution in [-0.4, -0.2) is 27.7 Å². The van der Waals surface area contributed by atoms with Crippen molar-refractivity contribution in [3.8, 4) is 0 Å². The lowest BCUT2D eigenvalue weighted by Gasteiger charge is -2.18. The van der Waals surface area contributed by atoms with Crippen molar-refractivity contribution < 1.29 is 0 Å². The Kier molecular flexibility index (Phi) is 3.17. The Balaban J connectivity index is 1.85. The normalized spacial score (nSPS) is 19.8. The quantitative estimate of drug-likeness (QED) is 0.848. The summed E-state index contributed by atoms with van der Waals surface area (Å²) in [4.78, 5) is 7.00. The summed E-state index contributed by atoms with van der Waals surface area (Å²) >= 11 is 0. The van der Waals surface area contributed by atoms with Crippen LogP contribution < -0.4 is 4.90 Å². The topological polar surface area (TPSA) is 33.4 Å². The third kappa shape index (κ3) is 2.44. The van der Waals surface area contributed by atoms with Gasteiger partial charge in [0.15, 0.2) is 5.82 Å². The van der Waals surface area contributed by atoms with E-state index < -0.39 is 0 Å². The molecule has 0 spiro atoms. The molecule has 0 aromatic carbocycles. The van der Waals surface area contributed by atoms with Crippen molar-refractivity contribution in [1.29, 1.82) is 0 Å². The summed E-state index contributed by atoms with van der Waals surface area (Å²) in [5.74, 6) is 2.69. The van der Waals surface area contributed by atoms with Crippen molar-refractivity contribution in [3.05, 3.63) is 24.2 Å². The van der Waals surface area contributed by atoms with Gasteiger partial charge in [0, 0.05) is 25.5 Å². The Labute approximate surface area is 114 Å². The number of aromatic nitrogens is 3. The Morgan fingerprint density at radius 2 is 2.26 bits per heavy atom. The van der Waals surface area contributed by atoms with Gasteiger partial charge in [-0.25, -0.2) is 9.50 Å². The van der Waals surface area contributed by atoms with Crippen molar-refractivity contribution in [2.75, 3.05) is 18.0 Å². The summed E-state index contributed by atoms with van der Waals surface area (Å²) in [7, 11) is 0. The van der Waals surface area contributed by atoms with E-state index in [9.17, 15) is 0 Å². The van der Waals surface area contributed by atoms with Gasteiger partial charge < -0.3 is 4.90 Å². The smallest absolute Gasteiger partial charge is 0.154 e. The predicted octanol–water partition coefficient (Wildman–Crippen LogP) is 2.91. The third-order valence-electron chi connectivity index (χ3n) is 3.88. The van der Waals surface area contributed by atoms with Crippen molar-refractivity contribution in [3.63, 3.8) is 0 Å². The maximum absolute atomic E-state index is 4.58. The average Bonchev–Trinajstić information content (AvgIpc) is 2.92. The summed E-state index contributed by atoms with van der Waals surface area (Å²) in [6.07, 6.45) is 6.38. The van der Waals surface area contributed by atoms with Crippen LogP contribution in [0.15, 0.2) is 18.5 Å². The van der Waals surface area contributed by atoms with Crippen LogP contribution in [0.2, 0.25) is 0 Å². The standard InChI is InChI=1S/C15H22N4/c1-11(2)8-13-4-6-18(10-13)15-14-9-12(3)17-19(14)7-5-16-15/h5,7,9,11,13H,4,6,8,10H2,1-3H3. The summed E-state index contributed by atoms with van der Waals surface area (Å²) in [6, 6.07) is 2.12. The molecule has 1 fully saturated rings. The SMILES string of the molecule is Cc1cc2c(N3CCC(CC(C)C)C3)nccn2n1. The van der Waals surface area contributed by atoms with Crippen molar-refractivity contribution >= 4 is 11.3 Å². The van der Waals surface area contributed by atoms with Crippen molar-refractivity contribution in [1.82, 2.24) is 14.6 Å². The van der Waals surface area contributed by atoms with Crippen LogP contribution in [-0.2, 0) is 0 Å². The maximum Gasteiger partial charge on any atom is 0.154 e. The van der Waals surface area contributed by atoms with Gasteiger partial charge in [0.1, 0.15) is 5.52 Å². The molecule has 102 valence electrons. The van der Waals surface area contributed by atoms with E-state index >= 15 is 0 Å².